The van der Waals surface area contributed by atoms with Gasteiger partial charge in [0.15, 0.2) is 11.5 Å². The molecule has 0 fully saturated rings. The Labute approximate surface area is 132 Å². The quantitative estimate of drug-likeness (QED) is 0.623. The number of aryl methyl sites for hydroxylation is 1. The van der Waals surface area contributed by atoms with Crippen LogP contribution in [0.1, 0.15) is 29.2 Å². The molecule has 2 rings (SSSR count). The fourth-order valence-electron chi connectivity index (χ4n) is 2.58. The number of aromatic amines is 2. The Balaban J connectivity index is 2.65. The van der Waals surface area contributed by atoms with E-state index in [2.05, 4.69) is 10.2 Å². The molecule has 8 heteroatoms. The molecule has 0 unspecified atom stereocenters. The Hall–Kier alpha value is -2.90. The number of hydrogen-bond acceptors (Lipinski definition) is 5. The zero-order valence-electron chi connectivity index (χ0n) is 13.1. The number of aromatic nitrogens is 2. The maximum Gasteiger partial charge on any atom is 0.267 e. The molecule has 0 saturated heterocycles. The largest absolute Gasteiger partial charge is 0.502 e. The molecule has 1 amide bonds. The van der Waals surface area contributed by atoms with Crippen molar-refractivity contribution in [2.45, 2.75) is 19.3 Å². The summed E-state index contributed by atoms with van der Waals surface area (Å²) in [6.45, 7) is 1.72. The summed E-state index contributed by atoms with van der Waals surface area (Å²) >= 11 is 0. The third-order valence-corrected chi connectivity index (χ3v) is 3.67. The van der Waals surface area contributed by atoms with Crippen LogP contribution in [0, 0.1) is 6.92 Å². The highest BCUT2D eigenvalue weighted by molar-refractivity contribution is 5.75. The third-order valence-electron chi connectivity index (χ3n) is 3.67. The minimum absolute atomic E-state index is 0.0706. The van der Waals surface area contributed by atoms with Crippen LogP contribution in [0.2, 0.25) is 0 Å². The van der Waals surface area contributed by atoms with Gasteiger partial charge in [0.25, 0.3) is 5.56 Å². The molecule has 2 aromatic rings. The summed E-state index contributed by atoms with van der Waals surface area (Å²) in [6, 6.07) is 3.11. The second-order valence-electron chi connectivity index (χ2n) is 5.11. The number of methoxy groups -OCH3 is 2. The van der Waals surface area contributed by atoms with Crippen molar-refractivity contribution in [3.63, 3.8) is 0 Å². The number of rotatable bonds is 6. The number of nitrogens with one attached hydrogen (secondary N) is 2. The van der Waals surface area contributed by atoms with Gasteiger partial charge in [0.1, 0.15) is 0 Å². The van der Waals surface area contributed by atoms with E-state index in [0.717, 1.165) is 0 Å². The Morgan fingerprint density at radius 2 is 1.83 bits per heavy atom. The van der Waals surface area contributed by atoms with E-state index < -0.39 is 11.8 Å². The summed E-state index contributed by atoms with van der Waals surface area (Å²) < 4.78 is 10.2. The Morgan fingerprint density at radius 1 is 1.26 bits per heavy atom. The standard InChI is InChI=1S/C15H19N3O5/c1-7-13(15(21)18-17-7)9(6-12(16)19)8-4-10(22-2)14(20)11(5-8)23-3/h4-5,9,20H,6H2,1-3H3,(H2,16,19)(H2,17,18,21)/t9-/m1/s1. The van der Waals surface area contributed by atoms with Crippen LogP contribution in [-0.2, 0) is 4.79 Å². The first-order valence-corrected chi connectivity index (χ1v) is 6.89. The molecule has 0 saturated carbocycles. The zero-order chi connectivity index (χ0) is 17.1. The van der Waals surface area contributed by atoms with E-state index in [1.807, 2.05) is 0 Å². The fourth-order valence-corrected chi connectivity index (χ4v) is 2.58. The van der Waals surface area contributed by atoms with E-state index in [1.54, 1.807) is 19.1 Å². The summed E-state index contributed by atoms with van der Waals surface area (Å²) in [5, 5.41) is 15.2. The molecule has 23 heavy (non-hydrogen) atoms. The molecule has 1 atom stereocenters. The van der Waals surface area contributed by atoms with Crippen molar-refractivity contribution >= 4 is 5.91 Å². The predicted molar refractivity (Wildman–Crippen MR) is 83.0 cm³/mol. The van der Waals surface area contributed by atoms with Gasteiger partial charge in [0.2, 0.25) is 11.7 Å². The number of H-pyrrole nitrogens is 2. The van der Waals surface area contributed by atoms with Crippen molar-refractivity contribution in [2.24, 2.45) is 5.73 Å². The molecule has 0 aliphatic carbocycles. The zero-order valence-corrected chi connectivity index (χ0v) is 13.1. The SMILES string of the molecule is COc1cc([C@@H](CC(N)=O)c2c(C)[nH][nH]c2=O)cc(OC)c1O. The molecule has 1 aromatic carbocycles. The third kappa shape index (κ3) is 3.15. The van der Waals surface area contributed by atoms with Crippen LogP contribution in [0.4, 0.5) is 0 Å². The van der Waals surface area contributed by atoms with Crippen molar-refractivity contribution in [3.05, 3.63) is 39.3 Å². The molecule has 0 spiro atoms. The van der Waals surface area contributed by atoms with Gasteiger partial charge in [0.05, 0.1) is 14.2 Å². The lowest BCUT2D eigenvalue weighted by Gasteiger charge is -2.18. The Kier molecular flexibility index (Phi) is 4.63. The molecule has 0 bridgehead atoms. The topological polar surface area (TPSA) is 130 Å². The average Bonchev–Trinajstić information content (AvgIpc) is 2.84. The van der Waals surface area contributed by atoms with Gasteiger partial charge in [-0.1, -0.05) is 0 Å². The smallest absolute Gasteiger partial charge is 0.267 e. The van der Waals surface area contributed by atoms with Gasteiger partial charge in [-0.15, -0.1) is 0 Å². The maximum absolute atomic E-state index is 12.1. The molecule has 0 aliphatic rings. The number of amides is 1. The lowest BCUT2D eigenvalue weighted by Crippen LogP contribution is -2.20. The number of benzene rings is 1. The van der Waals surface area contributed by atoms with Crippen molar-refractivity contribution in [3.8, 4) is 17.2 Å². The molecular weight excluding hydrogens is 302 g/mol. The number of nitrogens with two attached hydrogens (primary N) is 1. The number of aromatic hydroxyl groups is 1. The van der Waals surface area contributed by atoms with Gasteiger partial charge in [-0.3, -0.25) is 14.7 Å². The average molecular weight is 321 g/mol. The van der Waals surface area contributed by atoms with Crippen LogP contribution in [-0.4, -0.2) is 35.4 Å². The van der Waals surface area contributed by atoms with E-state index in [4.69, 9.17) is 15.2 Å². The van der Waals surface area contributed by atoms with Gasteiger partial charge in [-0.25, -0.2) is 0 Å². The van der Waals surface area contributed by atoms with E-state index >= 15 is 0 Å². The molecule has 1 aromatic heterocycles. The van der Waals surface area contributed by atoms with Crippen molar-refractivity contribution in [1.82, 2.24) is 10.2 Å². The summed E-state index contributed by atoms with van der Waals surface area (Å²) in [6.07, 6.45) is -0.0706. The minimum Gasteiger partial charge on any atom is -0.502 e. The molecular formula is C15H19N3O5. The molecule has 5 N–H and O–H groups in total. The number of phenols is 1. The second kappa shape index (κ2) is 6.47. The summed E-state index contributed by atoms with van der Waals surface area (Å²) in [5.74, 6) is -0.944. The number of primary amides is 1. The molecule has 1 heterocycles. The van der Waals surface area contributed by atoms with E-state index in [-0.39, 0.29) is 29.2 Å². The first-order valence-electron chi connectivity index (χ1n) is 6.89. The number of carbonyl (C=O) groups is 1. The highest BCUT2D eigenvalue weighted by Gasteiger charge is 2.25. The molecule has 8 nitrogen and oxygen atoms in total. The molecule has 124 valence electrons. The number of ether oxygens (including phenoxy) is 2. The normalized spacial score (nSPS) is 12.0. The maximum atomic E-state index is 12.1. The lowest BCUT2D eigenvalue weighted by molar-refractivity contribution is -0.118. The number of phenolic OH excluding ortho intramolecular Hbond substituents is 1. The van der Waals surface area contributed by atoms with Crippen LogP contribution in [0.5, 0.6) is 17.2 Å². The summed E-state index contributed by atoms with van der Waals surface area (Å²) in [4.78, 5) is 23.5. The summed E-state index contributed by atoms with van der Waals surface area (Å²) in [7, 11) is 2.80. The first-order chi connectivity index (χ1) is 10.9. The molecule has 0 aliphatic heterocycles. The van der Waals surface area contributed by atoms with E-state index in [9.17, 15) is 14.7 Å². The second-order valence-corrected chi connectivity index (χ2v) is 5.11. The lowest BCUT2D eigenvalue weighted by atomic mass is 9.88. The highest BCUT2D eigenvalue weighted by Crippen LogP contribution is 2.41. The van der Waals surface area contributed by atoms with Crippen LogP contribution in [0.15, 0.2) is 16.9 Å². The Morgan fingerprint density at radius 3 is 2.22 bits per heavy atom. The van der Waals surface area contributed by atoms with Gasteiger partial charge in [-0.05, 0) is 24.6 Å². The van der Waals surface area contributed by atoms with Crippen LogP contribution >= 0.6 is 0 Å². The fraction of sp³-hybridized carbons (Fsp3) is 0.333. The number of carbonyl (C=O) groups excluding carboxylic acids is 1. The van der Waals surface area contributed by atoms with E-state index in [0.29, 0.717) is 16.8 Å². The van der Waals surface area contributed by atoms with Crippen LogP contribution < -0.4 is 20.8 Å². The molecule has 0 radical (unpaired) electrons. The van der Waals surface area contributed by atoms with Gasteiger partial charge in [0, 0.05) is 23.6 Å². The highest BCUT2D eigenvalue weighted by atomic mass is 16.5. The van der Waals surface area contributed by atoms with Gasteiger partial charge in [-0.2, -0.15) is 0 Å². The predicted octanol–water partition coefficient (Wildman–Crippen LogP) is 0.742. The van der Waals surface area contributed by atoms with Crippen LogP contribution in [0.3, 0.4) is 0 Å². The van der Waals surface area contributed by atoms with Crippen molar-refractivity contribution < 1.29 is 19.4 Å². The van der Waals surface area contributed by atoms with Gasteiger partial charge >= 0.3 is 0 Å². The van der Waals surface area contributed by atoms with Gasteiger partial charge < -0.3 is 25.4 Å². The number of hydrogen-bond donors (Lipinski definition) is 4. The van der Waals surface area contributed by atoms with Crippen molar-refractivity contribution in [2.75, 3.05) is 14.2 Å². The van der Waals surface area contributed by atoms with Crippen LogP contribution in [0.25, 0.3) is 0 Å². The van der Waals surface area contributed by atoms with Crippen molar-refractivity contribution in [1.29, 1.82) is 0 Å². The summed E-state index contributed by atoms with van der Waals surface area (Å²) in [5.41, 5.74) is 6.58. The minimum atomic E-state index is -0.592. The first kappa shape index (κ1) is 16.5. The Bertz CT molecular complexity index is 753. The monoisotopic (exact) mass is 321 g/mol. The van der Waals surface area contributed by atoms with E-state index in [1.165, 1.54) is 14.2 Å².